The van der Waals surface area contributed by atoms with Crippen LogP contribution in [-0.2, 0) is 6.54 Å². The fourth-order valence-electron chi connectivity index (χ4n) is 2.52. The number of aromatic amines is 1. The van der Waals surface area contributed by atoms with Gasteiger partial charge in [0, 0.05) is 34.7 Å². The molecule has 0 saturated carbocycles. The minimum atomic E-state index is -0.295. The second-order valence-corrected chi connectivity index (χ2v) is 5.97. The number of H-pyrrole nitrogens is 1. The second-order valence-electron chi connectivity index (χ2n) is 5.10. The van der Waals surface area contributed by atoms with Gasteiger partial charge in [0.2, 0.25) is 5.56 Å². The quantitative estimate of drug-likeness (QED) is 0.606. The van der Waals surface area contributed by atoms with Crippen molar-refractivity contribution >= 4 is 33.1 Å². The lowest BCUT2D eigenvalue weighted by molar-refractivity contribution is 0.0952. The van der Waals surface area contributed by atoms with Gasteiger partial charge < -0.3 is 10.3 Å². The van der Waals surface area contributed by atoms with E-state index in [1.54, 1.807) is 6.07 Å². The Morgan fingerprint density at radius 3 is 3.09 bits per heavy atom. The van der Waals surface area contributed by atoms with Gasteiger partial charge in [0.05, 0.1) is 17.8 Å². The first-order chi connectivity index (χ1) is 11.2. The van der Waals surface area contributed by atoms with E-state index in [-0.39, 0.29) is 11.5 Å². The Labute approximate surface area is 134 Å². The monoisotopic (exact) mass is 324 g/mol. The fourth-order valence-corrected chi connectivity index (χ4v) is 3.24. The van der Waals surface area contributed by atoms with Crippen LogP contribution in [0.5, 0.6) is 0 Å². The number of hydrogen-bond acceptors (Lipinski definition) is 4. The molecule has 1 amide bonds. The maximum atomic E-state index is 12.4. The van der Waals surface area contributed by atoms with E-state index in [0.29, 0.717) is 17.6 Å². The molecular formula is C16H12N4O2S. The SMILES string of the molecule is O=C(NCc1cn2ccsc2n1)c1cc(=O)[nH]c2ccccc12. The molecule has 0 unspecified atom stereocenters. The summed E-state index contributed by atoms with van der Waals surface area (Å²) in [7, 11) is 0. The van der Waals surface area contributed by atoms with Crippen LogP contribution in [0, 0.1) is 0 Å². The lowest BCUT2D eigenvalue weighted by atomic mass is 10.1. The van der Waals surface area contributed by atoms with Crippen LogP contribution >= 0.6 is 11.3 Å². The Hall–Kier alpha value is -2.93. The largest absolute Gasteiger partial charge is 0.346 e. The number of nitrogens with one attached hydrogen (secondary N) is 2. The van der Waals surface area contributed by atoms with Gasteiger partial charge in [0.25, 0.3) is 5.91 Å². The number of benzene rings is 1. The molecule has 0 radical (unpaired) electrons. The average Bonchev–Trinajstić information content (AvgIpc) is 3.13. The molecule has 6 nitrogen and oxygen atoms in total. The third-order valence-corrected chi connectivity index (χ3v) is 4.34. The molecule has 0 fully saturated rings. The number of fused-ring (bicyclic) bond motifs is 2. The van der Waals surface area contributed by atoms with Gasteiger partial charge in [-0.15, -0.1) is 11.3 Å². The Bertz CT molecular complexity index is 1050. The molecule has 0 atom stereocenters. The van der Waals surface area contributed by atoms with E-state index in [1.807, 2.05) is 40.4 Å². The van der Waals surface area contributed by atoms with Crippen molar-refractivity contribution in [3.05, 3.63) is 69.7 Å². The molecule has 23 heavy (non-hydrogen) atoms. The number of nitrogens with zero attached hydrogens (tertiary/aromatic N) is 2. The molecular weight excluding hydrogens is 312 g/mol. The highest BCUT2D eigenvalue weighted by Crippen LogP contribution is 2.15. The highest BCUT2D eigenvalue weighted by Gasteiger charge is 2.12. The lowest BCUT2D eigenvalue weighted by Crippen LogP contribution is -2.25. The Kier molecular flexibility index (Phi) is 3.20. The molecule has 0 bridgehead atoms. The van der Waals surface area contributed by atoms with Crippen molar-refractivity contribution in [3.8, 4) is 0 Å². The van der Waals surface area contributed by atoms with Crippen molar-refractivity contribution in [1.29, 1.82) is 0 Å². The average molecular weight is 324 g/mol. The van der Waals surface area contributed by atoms with Gasteiger partial charge in [-0.1, -0.05) is 18.2 Å². The summed E-state index contributed by atoms with van der Waals surface area (Å²) in [6, 6.07) is 8.56. The minimum absolute atomic E-state index is 0.288. The molecule has 2 N–H and O–H groups in total. The van der Waals surface area contributed by atoms with Crippen LogP contribution in [0.2, 0.25) is 0 Å². The number of carbonyl (C=O) groups excluding carboxylic acids is 1. The van der Waals surface area contributed by atoms with E-state index < -0.39 is 0 Å². The normalized spacial score (nSPS) is 11.1. The predicted octanol–water partition coefficient (Wildman–Crippen LogP) is 2.17. The van der Waals surface area contributed by atoms with Crippen molar-refractivity contribution in [2.75, 3.05) is 0 Å². The first-order valence-electron chi connectivity index (χ1n) is 7.02. The molecule has 114 valence electrons. The van der Waals surface area contributed by atoms with Crippen LogP contribution in [0.1, 0.15) is 16.1 Å². The summed E-state index contributed by atoms with van der Waals surface area (Å²) in [6.07, 6.45) is 3.80. The van der Waals surface area contributed by atoms with Gasteiger partial charge in [-0.3, -0.25) is 14.0 Å². The molecule has 4 rings (SSSR count). The number of hydrogen-bond donors (Lipinski definition) is 2. The third kappa shape index (κ3) is 2.51. The number of thiazole rings is 1. The fraction of sp³-hybridized carbons (Fsp3) is 0.0625. The van der Waals surface area contributed by atoms with Gasteiger partial charge >= 0.3 is 0 Å². The van der Waals surface area contributed by atoms with Crippen LogP contribution in [0.25, 0.3) is 15.9 Å². The molecule has 0 aliphatic carbocycles. The van der Waals surface area contributed by atoms with E-state index in [9.17, 15) is 9.59 Å². The molecule has 7 heteroatoms. The number of carbonyl (C=O) groups is 1. The first-order valence-corrected chi connectivity index (χ1v) is 7.90. The number of rotatable bonds is 3. The number of para-hydroxylation sites is 1. The van der Waals surface area contributed by atoms with Gasteiger partial charge in [-0.2, -0.15) is 0 Å². The zero-order valence-corrected chi connectivity index (χ0v) is 12.8. The number of amides is 1. The Balaban J connectivity index is 1.61. The Morgan fingerprint density at radius 1 is 1.35 bits per heavy atom. The molecule has 0 aliphatic rings. The van der Waals surface area contributed by atoms with Crippen molar-refractivity contribution in [2.45, 2.75) is 6.54 Å². The second kappa shape index (κ2) is 5.36. The molecule has 0 aliphatic heterocycles. The smallest absolute Gasteiger partial charge is 0.252 e. The topological polar surface area (TPSA) is 79.3 Å². The molecule has 4 aromatic rings. The van der Waals surface area contributed by atoms with Crippen molar-refractivity contribution in [1.82, 2.24) is 19.7 Å². The number of pyridine rings is 1. The summed E-state index contributed by atoms with van der Waals surface area (Å²) in [5, 5.41) is 5.49. The minimum Gasteiger partial charge on any atom is -0.346 e. The zero-order chi connectivity index (χ0) is 15.8. The summed E-state index contributed by atoms with van der Waals surface area (Å²) < 4.78 is 1.91. The van der Waals surface area contributed by atoms with Crippen molar-refractivity contribution in [2.24, 2.45) is 0 Å². The van der Waals surface area contributed by atoms with Gasteiger partial charge in [-0.25, -0.2) is 4.98 Å². The summed E-state index contributed by atoms with van der Waals surface area (Å²) >= 11 is 1.54. The first kappa shape index (κ1) is 13.7. The van der Waals surface area contributed by atoms with Gasteiger partial charge in [-0.05, 0) is 6.07 Å². The lowest BCUT2D eigenvalue weighted by Gasteiger charge is -2.06. The standard InChI is InChI=1S/C16H12N4O2S/c21-14-7-12(11-3-1-2-4-13(11)19-14)15(22)17-8-10-9-20-5-6-23-16(20)18-10/h1-7,9H,8H2,(H,17,22)(H,19,21). The maximum absolute atomic E-state index is 12.4. The highest BCUT2D eigenvalue weighted by atomic mass is 32.1. The number of aromatic nitrogens is 3. The van der Waals surface area contributed by atoms with Crippen LogP contribution in [0.4, 0.5) is 0 Å². The predicted molar refractivity (Wildman–Crippen MR) is 88.8 cm³/mol. The summed E-state index contributed by atoms with van der Waals surface area (Å²) in [6.45, 7) is 0.314. The van der Waals surface area contributed by atoms with E-state index in [4.69, 9.17) is 0 Å². The van der Waals surface area contributed by atoms with Crippen molar-refractivity contribution < 1.29 is 4.79 Å². The summed E-state index contributed by atoms with van der Waals surface area (Å²) in [5.41, 5.74) is 1.49. The summed E-state index contributed by atoms with van der Waals surface area (Å²) in [5.74, 6) is -0.288. The zero-order valence-electron chi connectivity index (χ0n) is 11.9. The molecule has 3 heterocycles. The van der Waals surface area contributed by atoms with Crippen LogP contribution in [0.15, 0.2) is 52.9 Å². The van der Waals surface area contributed by atoms with E-state index in [2.05, 4.69) is 15.3 Å². The third-order valence-electron chi connectivity index (χ3n) is 3.57. The van der Waals surface area contributed by atoms with Crippen LogP contribution in [-0.4, -0.2) is 20.3 Å². The van der Waals surface area contributed by atoms with Gasteiger partial charge in [0.15, 0.2) is 4.96 Å². The van der Waals surface area contributed by atoms with E-state index in [0.717, 1.165) is 16.0 Å². The molecule has 3 aromatic heterocycles. The van der Waals surface area contributed by atoms with Gasteiger partial charge in [0.1, 0.15) is 0 Å². The van der Waals surface area contributed by atoms with E-state index >= 15 is 0 Å². The van der Waals surface area contributed by atoms with E-state index in [1.165, 1.54) is 17.4 Å². The van der Waals surface area contributed by atoms with Crippen LogP contribution in [0.3, 0.4) is 0 Å². The summed E-state index contributed by atoms with van der Waals surface area (Å²) in [4.78, 5) is 32.2. The van der Waals surface area contributed by atoms with Crippen LogP contribution < -0.4 is 10.9 Å². The molecule has 0 spiro atoms. The van der Waals surface area contributed by atoms with Crippen molar-refractivity contribution in [3.63, 3.8) is 0 Å². The number of imidazole rings is 1. The molecule has 1 aromatic carbocycles. The highest BCUT2D eigenvalue weighted by molar-refractivity contribution is 7.15. The maximum Gasteiger partial charge on any atom is 0.252 e. The molecule has 0 saturated heterocycles. The Morgan fingerprint density at radius 2 is 2.22 bits per heavy atom.